The van der Waals surface area contributed by atoms with Gasteiger partial charge in [-0.25, -0.2) is 0 Å². The zero-order chi connectivity index (χ0) is 35.0. The molecule has 2 saturated heterocycles. The van der Waals surface area contributed by atoms with E-state index in [4.69, 9.17) is 21.1 Å². The molecule has 10 nitrogen and oxygen atoms in total. The fraction of sp³-hybridized carbons (Fsp3) is 0.459. The third-order valence-electron chi connectivity index (χ3n) is 10.3. The molecule has 0 saturated carbocycles. The molecule has 1 spiro atoms. The summed E-state index contributed by atoms with van der Waals surface area (Å²) in [6, 6.07) is 12.5. The number of carbonyl (C=O) groups excluding carboxylic acids is 4. The van der Waals surface area contributed by atoms with Crippen molar-refractivity contribution in [1.82, 2.24) is 10.2 Å². The number of esters is 1. The Labute approximate surface area is 299 Å². The summed E-state index contributed by atoms with van der Waals surface area (Å²) in [5, 5.41) is 14.0. The van der Waals surface area contributed by atoms with E-state index in [2.05, 4.69) is 21.2 Å². The smallest absolute Gasteiger partial charge is 0.313 e. The number of carbonyl (C=O) groups is 4. The summed E-state index contributed by atoms with van der Waals surface area (Å²) in [7, 11) is 0. The molecule has 2 N–H and O–H groups in total. The Morgan fingerprint density at radius 1 is 1.08 bits per heavy atom. The van der Waals surface area contributed by atoms with Crippen molar-refractivity contribution in [2.24, 2.45) is 17.8 Å². The van der Waals surface area contributed by atoms with Gasteiger partial charge >= 0.3 is 5.97 Å². The molecule has 0 aliphatic carbocycles. The van der Waals surface area contributed by atoms with Crippen LogP contribution < -0.4 is 10.2 Å². The second kappa shape index (κ2) is 14.4. The molecular formula is C37H41BrClN3O7. The molecule has 4 heterocycles. The molecule has 49 heavy (non-hydrogen) atoms. The number of benzene rings is 2. The lowest BCUT2D eigenvalue weighted by molar-refractivity contribution is -0.160. The number of anilines is 1. The monoisotopic (exact) mass is 753 g/mol. The van der Waals surface area contributed by atoms with Crippen molar-refractivity contribution in [3.05, 3.63) is 87.4 Å². The third kappa shape index (κ3) is 6.24. The first kappa shape index (κ1) is 35.3. The number of aryl methyl sites for hydroxylation is 1. The van der Waals surface area contributed by atoms with Gasteiger partial charge in [0.15, 0.2) is 0 Å². The number of cyclic esters (lactones) is 1. The van der Waals surface area contributed by atoms with Gasteiger partial charge in [-0.1, -0.05) is 102 Å². The van der Waals surface area contributed by atoms with E-state index in [0.29, 0.717) is 33.6 Å². The molecule has 260 valence electrons. The van der Waals surface area contributed by atoms with Crippen LogP contribution in [-0.4, -0.2) is 77.2 Å². The third-order valence-corrected chi connectivity index (χ3v) is 11.3. The fourth-order valence-corrected chi connectivity index (χ4v) is 8.76. The number of halogens is 2. The SMILES string of the molecule is CC[C@H](C)[C@H](CO)N1C(=O)[C@H]2[C@@H]3C(=O)O[C@H](c4ccccc4)CNC(=O)CC/C=C\CN(c4c(C)cccc4Cl)C(=O)[C@H]1[C@@]21C=C(Br)[C@@H]3O1. The molecule has 3 amide bonds. The highest BCUT2D eigenvalue weighted by Crippen LogP contribution is 2.60. The largest absolute Gasteiger partial charge is 0.455 e. The zero-order valence-electron chi connectivity index (χ0n) is 27.7. The Morgan fingerprint density at radius 3 is 2.53 bits per heavy atom. The standard InChI is InChI=1S/C37H41BrClN3O7/c1-4-21(2)26(20-43)42-33-35(46)41(31-22(3)12-11-15-25(31)39)17-10-6-9-16-28(44)40-19-27(23-13-7-5-8-14-23)48-36(47)29-30(34(42)45)37(33)18-24(38)32(29)49-37/h5-8,10-15,18,21,26-27,29-30,32-33,43H,4,9,16-17,19-20H2,1-3H3,(H,40,44)/b10-6-/t21-,26-,27-,29-,30+,32-,33-,37+/m0/s1. The van der Waals surface area contributed by atoms with E-state index in [9.17, 15) is 19.5 Å². The van der Waals surface area contributed by atoms with Gasteiger partial charge in [0.2, 0.25) is 11.8 Å². The summed E-state index contributed by atoms with van der Waals surface area (Å²) in [4.78, 5) is 60.3. The molecule has 0 radical (unpaired) electrons. The first-order chi connectivity index (χ1) is 23.5. The Balaban J connectivity index is 1.52. The molecule has 8 atom stereocenters. The number of hydrogen-bond donors (Lipinski definition) is 2. The molecule has 2 fully saturated rings. The van der Waals surface area contributed by atoms with Crippen LogP contribution in [0, 0.1) is 24.7 Å². The van der Waals surface area contributed by atoms with Gasteiger partial charge in [0.25, 0.3) is 5.91 Å². The summed E-state index contributed by atoms with van der Waals surface area (Å²) in [6.07, 6.45) is 4.87. The highest BCUT2D eigenvalue weighted by Gasteiger charge is 2.75. The first-order valence-corrected chi connectivity index (χ1v) is 17.9. The van der Waals surface area contributed by atoms with Crippen LogP contribution in [0.3, 0.4) is 0 Å². The minimum absolute atomic E-state index is 0.0324. The van der Waals surface area contributed by atoms with Crippen molar-refractivity contribution in [1.29, 1.82) is 0 Å². The quantitative estimate of drug-likeness (QED) is 0.314. The number of rotatable bonds is 6. The molecule has 2 aromatic rings. The Morgan fingerprint density at radius 2 is 1.84 bits per heavy atom. The lowest BCUT2D eigenvalue weighted by Crippen LogP contribution is -2.59. The summed E-state index contributed by atoms with van der Waals surface area (Å²) in [6.45, 7) is 5.46. The van der Waals surface area contributed by atoms with Crippen molar-refractivity contribution >= 4 is 56.9 Å². The van der Waals surface area contributed by atoms with Gasteiger partial charge in [-0.05, 0) is 42.5 Å². The van der Waals surface area contributed by atoms with Crippen LogP contribution in [-0.2, 0) is 28.7 Å². The van der Waals surface area contributed by atoms with Gasteiger partial charge in [0.1, 0.15) is 29.8 Å². The average Bonchev–Trinajstić information content (AvgIpc) is 3.68. The maximum absolute atomic E-state index is 15.2. The lowest BCUT2D eigenvalue weighted by atomic mass is 9.74. The molecule has 2 aromatic carbocycles. The molecular weight excluding hydrogens is 714 g/mol. The molecule has 6 rings (SSSR count). The number of nitrogens with zero attached hydrogens (tertiary/aromatic N) is 2. The number of ether oxygens (including phenoxy) is 2. The van der Waals surface area contributed by atoms with Crippen LogP contribution in [0.25, 0.3) is 0 Å². The van der Waals surface area contributed by atoms with Crippen molar-refractivity contribution in [3.63, 3.8) is 0 Å². The number of hydrogen-bond acceptors (Lipinski definition) is 7. The van der Waals surface area contributed by atoms with E-state index in [1.54, 1.807) is 24.3 Å². The van der Waals surface area contributed by atoms with Crippen LogP contribution in [0.5, 0.6) is 0 Å². The topological polar surface area (TPSA) is 125 Å². The van der Waals surface area contributed by atoms with Crippen LogP contribution in [0.15, 0.2) is 71.2 Å². The maximum Gasteiger partial charge on any atom is 0.313 e. The molecule has 4 aliphatic heterocycles. The van der Waals surface area contributed by atoms with E-state index >= 15 is 4.79 Å². The Bertz CT molecular complexity index is 1660. The number of likely N-dealkylation sites (tertiary alicyclic amines) is 1. The number of aliphatic hydroxyl groups excluding tert-OH is 1. The molecule has 4 aliphatic rings. The van der Waals surface area contributed by atoms with E-state index in [1.807, 2.05) is 63.2 Å². The Hall–Kier alpha value is -3.51. The fourth-order valence-electron chi connectivity index (χ4n) is 7.70. The maximum atomic E-state index is 15.2. The number of nitrogens with one attached hydrogen (secondary N) is 1. The molecule has 0 aromatic heterocycles. The van der Waals surface area contributed by atoms with Gasteiger partial charge in [-0.2, -0.15) is 0 Å². The summed E-state index contributed by atoms with van der Waals surface area (Å²) < 4.78 is 13.3. The first-order valence-electron chi connectivity index (χ1n) is 16.8. The summed E-state index contributed by atoms with van der Waals surface area (Å²) in [5.74, 6) is -4.22. The Kier molecular flexibility index (Phi) is 10.4. The van der Waals surface area contributed by atoms with E-state index in [0.717, 1.165) is 5.56 Å². The highest BCUT2D eigenvalue weighted by molar-refractivity contribution is 9.11. The van der Waals surface area contributed by atoms with E-state index in [-0.39, 0.29) is 31.3 Å². The van der Waals surface area contributed by atoms with Crippen molar-refractivity contribution in [2.45, 2.75) is 69.9 Å². The van der Waals surface area contributed by atoms with Gasteiger partial charge in [-0.15, -0.1) is 0 Å². The summed E-state index contributed by atoms with van der Waals surface area (Å²) in [5.41, 5.74) is 0.358. The van der Waals surface area contributed by atoms with Crippen molar-refractivity contribution < 1.29 is 33.8 Å². The molecule has 0 unspecified atom stereocenters. The molecule has 5 bridgehead atoms. The number of amides is 3. The predicted octanol–water partition coefficient (Wildman–Crippen LogP) is 5.01. The van der Waals surface area contributed by atoms with E-state index in [1.165, 1.54) is 9.80 Å². The van der Waals surface area contributed by atoms with Crippen molar-refractivity contribution in [3.8, 4) is 0 Å². The van der Waals surface area contributed by atoms with Gasteiger partial charge in [0, 0.05) is 17.4 Å². The summed E-state index contributed by atoms with van der Waals surface area (Å²) >= 11 is 10.4. The minimum atomic E-state index is -1.54. The predicted molar refractivity (Wildman–Crippen MR) is 188 cm³/mol. The number of aliphatic hydroxyl groups is 1. The number of allylic oxidation sites excluding steroid dienone is 1. The molecule has 12 heteroatoms. The zero-order valence-corrected chi connectivity index (χ0v) is 30.0. The van der Waals surface area contributed by atoms with Crippen molar-refractivity contribution in [2.75, 3.05) is 24.6 Å². The average molecular weight is 755 g/mol. The van der Waals surface area contributed by atoms with Crippen LogP contribution >= 0.6 is 27.5 Å². The normalized spacial score (nSPS) is 30.8. The second-order valence-electron chi connectivity index (χ2n) is 13.2. The van der Waals surface area contributed by atoms with E-state index < -0.39 is 66.1 Å². The van der Waals surface area contributed by atoms with Crippen LogP contribution in [0.1, 0.15) is 50.3 Å². The van der Waals surface area contributed by atoms with Gasteiger partial charge < -0.3 is 29.7 Å². The van der Waals surface area contributed by atoms with Gasteiger partial charge in [-0.3, -0.25) is 19.2 Å². The minimum Gasteiger partial charge on any atom is -0.455 e. The highest BCUT2D eigenvalue weighted by atomic mass is 79.9. The lowest BCUT2D eigenvalue weighted by Gasteiger charge is -2.40. The van der Waals surface area contributed by atoms with Crippen LogP contribution in [0.2, 0.25) is 5.02 Å². The number of fused-ring (bicyclic) bond motifs is 2. The second-order valence-corrected chi connectivity index (χ2v) is 14.5. The number of para-hydroxylation sites is 1. The van der Waals surface area contributed by atoms with Crippen LogP contribution in [0.4, 0.5) is 5.69 Å². The van der Waals surface area contributed by atoms with Gasteiger partial charge in [0.05, 0.1) is 35.8 Å².